The topological polar surface area (TPSA) is 92.1 Å². The third-order valence-electron chi connectivity index (χ3n) is 4.17. The first-order valence-corrected chi connectivity index (χ1v) is 9.30. The highest BCUT2D eigenvalue weighted by atomic mass is 19.1. The number of hydrogen-bond acceptors (Lipinski definition) is 5. The Labute approximate surface area is 163 Å². The van der Waals surface area contributed by atoms with E-state index in [4.69, 9.17) is 0 Å². The molecule has 0 aliphatic carbocycles. The van der Waals surface area contributed by atoms with Gasteiger partial charge in [0.1, 0.15) is 18.0 Å². The van der Waals surface area contributed by atoms with E-state index in [-0.39, 0.29) is 5.82 Å². The fraction of sp³-hybridized carbons (Fsp3) is 0.368. The minimum Gasteiger partial charge on any atom is -0.368 e. The van der Waals surface area contributed by atoms with Gasteiger partial charge in [-0.15, -0.1) is 0 Å². The van der Waals surface area contributed by atoms with Crippen LogP contribution >= 0.6 is 0 Å². The van der Waals surface area contributed by atoms with Crippen LogP contribution in [-0.2, 0) is 13.5 Å². The molecule has 3 aromatic rings. The molecule has 9 heteroatoms. The van der Waals surface area contributed by atoms with Gasteiger partial charge in [-0.3, -0.25) is 9.67 Å². The van der Waals surface area contributed by atoms with Crippen molar-refractivity contribution in [3.63, 3.8) is 0 Å². The van der Waals surface area contributed by atoms with E-state index >= 15 is 0 Å². The molecule has 8 nitrogen and oxygen atoms in total. The van der Waals surface area contributed by atoms with Gasteiger partial charge in [0, 0.05) is 33.2 Å². The van der Waals surface area contributed by atoms with Gasteiger partial charge in [-0.1, -0.05) is 12.1 Å². The number of aliphatic imine (C=N–C) groups is 1. The average Bonchev–Trinajstić information content (AvgIpc) is 3.08. The van der Waals surface area contributed by atoms with Crippen molar-refractivity contribution >= 4 is 22.8 Å². The molecule has 1 aromatic carbocycles. The van der Waals surface area contributed by atoms with Gasteiger partial charge in [0.15, 0.2) is 11.6 Å². The van der Waals surface area contributed by atoms with E-state index in [2.05, 4.69) is 36.0 Å². The van der Waals surface area contributed by atoms with Crippen LogP contribution < -0.4 is 16.0 Å². The summed E-state index contributed by atoms with van der Waals surface area (Å²) < 4.78 is 14.7. The normalized spacial score (nSPS) is 11.6. The summed E-state index contributed by atoms with van der Waals surface area (Å²) in [5, 5.41) is 14.9. The molecule has 0 aliphatic rings. The summed E-state index contributed by atoms with van der Waals surface area (Å²) in [4.78, 5) is 13.1. The van der Waals surface area contributed by atoms with Crippen molar-refractivity contribution in [1.29, 1.82) is 0 Å². The van der Waals surface area contributed by atoms with Crippen LogP contribution in [0.25, 0.3) is 11.0 Å². The Balaban J connectivity index is 1.48. The number of nitrogens with one attached hydrogen (secondary N) is 3. The average molecular weight is 384 g/mol. The quantitative estimate of drug-likeness (QED) is 0.311. The van der Waals surface area contributed by atoms with Gasteiger partial charge in [-0.2, -0.15) is 5.10 Å². The van der Waals surface area contributed by atoms with Crippen molar-refractivity contribution in [2.45, 2.75) is 13.3 Å². The number of hydrogen-bond donors (Lipinski definition) is 3. The van der Waals surface area contributed by atoms with Crippen molar-refractivity contribution in [3.8, 4) is 0 Å². The molecular weight excluding hydrogens is 359 g/mol. The van der Waals surface area contributed by atoms with E-state index in [1.165, 1.54) is 18.5 Å². The van der Waals surface area contributed by atoms with Crippen LogP contribution in [0, 0.1) is 5.82 Å². The Hall–Kier alpha value is -3.23. The fourth-order valence-corrected chi connectivity index (χ4v) is 2.75. The highest BCUT2D eigenvalue weighted by Crippen LogP contribution is 2.17. The van der Waals surface area contributed by atoms with Crippen LogP contribution in [0.3, 0.4) is 0 Å². The summed E-state index contributed by atoms with van der Waals surface area (Å²) in [6.45, 7) is 4.77. The summed E-state index contributed by atoms with van der Waals surface area (Å²) in [7, 11) is 1.85. The number of anilines is 1. The molecule has 0 unspecified atom stereocenters. The Kier molecular flexibility index (Phi) is 6.72. The molecule has 2 aromatic heterocycles. The number of aromatic nitrogens is 4. The molecule has 0 saturated heterocycles. The standard InChI is InChI=1S/C19H25FN8/c1-3-21-19(23-9-8-14-4-6-15(20)7-5-14)24-11-10-22-17-16-12-27-28(2)18(16)26-13-25-17/h4-7,12-13H,3,8-11H2,1-2H3,(H2,21,23,24)(H,22,25,26). The number of halogens is 1. The van der Waals surface area contributed by atoms with Gasteiger partial charge in [0.2, 0.25) is 0 Å². The SMILES string of the molecule is CCNC(=NCCc1ccc(F)cc1)NCCNc1ncnc2c1cnn2C. The van der Waals surface area contributed by atoms with E-state index in [1.54, 1.807) is 23.0 Å². The summed E-state index contributed by atoms with van der Waals surface area (Å²) in [5.41, 5.74) is 1.85. The monoisotopic (exact) mass is 384 g/mol. The molecule has 0 saturated carbocycles. The van der Waals surface area contributed by atoms with Crippen LogP contribution in [-0.4, -0.2) is 51.9 Å². The zero-order valence-electron chi connectivity index (χ0n) is 16.1. The van der Waals surface area contributed by atoms with Gasteiger partial charge in [0.05, 0.1) is 11.6 Å². The van der Waals surface area contributed by atoms with Gasteiger partial charge < -0.3 is 16.0 Å². The minimum absolute atomic E-state index is 0.220. The minimum atomic E-state index is -0.220. The smallest absolute Gasteiger partial charge is 0.191 e. The first kappa shape index (κ1) is 19.5. The lowest BCUT2D eigenvalue weighted by Crippen LogP contribution is -2.39. The first-order chi connectivity index (χ1) is 13.7. The number of guanidine groups is 1. The molecule has 148 valence electrons. The Morgan fingerprint density at radius 1 is 1.14 bits per heavy atom. The molecule has 0 atom stereocenters. The first-order valence-electron chi connectivity index (χ1n) is 9.30. The number of benzene rings is 1. The largest absolute Gasteiger partial charge is 0.368 e. The third-order valence-corrected chi connectivity index (χ3v) is 4.17. The number of fused-ring (bicyclic) bond motifs is 1. The molecule has 3 rings (SSSR count). The van der Waals surface area contributed by atoms with Crippen LogP contribution in [0.5, 0.6) is 0 Å². The van der Waals surface area contributed by atoms with E-state index in [1.807, 2.05) is 14.0 Å². The number of aryl methyl sites for hydroxylation is 1. The van der Waals surface area contributed by atoms with Crippen molar-refractivity contribution in [1.82, 2.24) is 30.4 Å². The van der Waals surface area contributed by atoms with Crippen LogP contribution in [0.15, 0.2) is 41.8 Å². The highest BCUT2D eigenvalue weighted by Gasteiger charge is 2.07. The van der Waals surface area contributed by atoms with E-state index in [0.29, 0.717) is 19.6 Å². The molecule has 0 bridgehead atoms. The molecular formula is C19H25FN8. The molecule has 3 N–H and O–H groups in total. The lowest BCUT2D eigenvalue weighted by molar-refractivity contribution is 0.627. The molecule has 0 radical (unpaired) electrons. The molecule has 2 heterocycles. The van der Waals surface area contributed by atoms with Crippen LogP contribution in [0.1, 0.15) is 12.5 Å². The predicted octanol–water partition coefficient (Wildman–Crippen LogP) is 1.71. The van der Waals surface area contributed by atoms with E-state index in [9.17, 15) is 4.39 Å². The van der Waals surface area contributed by atoms with Gasteiger partial charge >= 0.3 is 0 Å². The number of rotatable bonds is 8. The summed E-state index contributed by atoms with van der Waals surface area (Å²) in [6.07, 6.45) is 4.04. The zero-order valence-corrected chi connectivity index (χ0v) is 16.1. The maximum absolute atomic E-state index is 13.0. The predicted molar refractivity (Wildman–Crippen MR) is 109 cm³/mol. The maximum atomic E-state index is 13.0. The van der Waals surface area contributed by atoms with E-state index < -0.39 is 0 Å². The highest BCUT2D eigenvalue weighted by molar-refractivity contribution is 5.86. The second-order valence-corrected chi connectivity index (χ2v) is 6.22. The molecule has 0 amide bonds. The Morgan fingerprint density at radius 3 is 2.75 bits per heavy atom. The van der Waals surface area contributed by atoms with Crippen molar-refractivity contribution in [2.75, 3.05) is 31.5 Å². The maximum Gasteiger partial charge on any atom is 0.191 e. The van der Waals surface area contributed by atoms with Crippen LogP contribution in [0.2, 0.25) is 0 Å². The Bertz CT molecular complexity index is 919. The van der Waals surface area contributed by atoms with Crippen molar-refractivity contribution in [2.24, 2.45) is 12.0 Å². The summed E-state index contributed by atoms with van der Waals surface area (Å²) in [6, 6.07) is 6.52. The molecule has 28 heavy (non-hydrogen) atoms. The third kappa shape index (κ3) is 5.15. The zero-order chi connectivity index (χ0) is 19.8. The summed E-state index contributed by atoms with van der Waals surface area (Å²) >= 11 is 0. The van der Waals surface area contributed by atoms with E-state index in [0.717, 1.165) is 41.3 Å². The second-order valence-electron chi connectivity index (χ2n) is 6.22. The molecule has 0 spiro atoms. The van der Waals surface area contributed by atoms with Gasteiger partial charge in [-0.25, -0.2) is 14.4 Å². The summed E-state index contributed by atoms with van der Waals surface area (Å²) in [5.74, 6) is 1.29. The lowest BCUT2D eigenvalue weighted by atomic mass is 10.1. The van der Waals surface area contributed by atoms with Crippen molar-refractivity contribution in [3.05, 3.63) is 48.2 Å². The fourth-order valence-electron chi connectivity index (χ4n) is 2.75. The van der Waals surface area contributed by atoms with Gasteiger partial charge in [0.25, 0.3) is 0 Å². The van der Waals surface area contributed by atoms with Gasteiger partial charge in [-0.05, 0) is 31.0 Å². The second kappa shape index (κ2) is 9.63. The van der Waals surface area contributed by atoms with Crippen LogP contribution in [0.4, 0.5) is 10.2 Å². The van der Waals surface area contributed by atoms with Crippen molar-refractivity contribution < 1.29 is 4.39 Å². The lowest BCUT2D eigenvalue weighted by Gasteiger charge is -2.12. The Morgan fingerprint density at radius 2 is 1.96 bits per heavy atom. The number of nitrogens with zero attached hydrogens (tertiary/aromatic N) is 5. The molecule has 0 fully saturated rings. The molecule has 0 aliphatic heterocycles.